The van der Waals surface area contributed by atoms with Gasteiger partial charge in [-0.15, -0.1) is 11.8 Å². The highest BCUT2D eigenvalue weighted by atomic mass is 28.4. The van der Waals surface area contributed by atoms with Crippen molar-refractivity contribution < 1.29 is 9.53 Å². The summed E-state index contributed by atoms with van der Waals surface area (Å²) in [6.07, 6.45) is 2.32. The summed E-state index contributed by atoms with van der Waals surface area (Å²) in [7, 11) is -1.86. The van der Waals surface area contributed by atoms with Crippen LogP contribution < -0.4 is 0 Å². The number of aliphatic hydroxyl groups is 1. The first-order valence-electron chi connectivity index (χ1n) is 6.57. The van der Waals surface area contributed by atoms with Gasteiger partial charge in [0.1, 0.15) is 11.9 Å². The molecule has 0 bridgehead atoms. The molecular formula is C15H28O2Si. The van der Waals surface area contributed by atoms with Crippen molar-refractivity contribution in [3.8, 4) is 11.8 Å². The molecule has 0 unspecified atom stereocenters. The standard InChI is InChI=1S/C15H28O2Si/c1-8-9-10-11-12-14(13(2)16)17-18(6,7)15(3,4)5/h14,16H,2,10-12H2,1,3-7H3/t14-/m1/s1. The van der Waals surface area contributed by atoms with Crippen molar-refractivity contribution in [2.75, 3.05) is 0 Å². The molecule has 0 aromatic carbocycles. The van der Waals surface area contributed by atoms with Gasteiger partial charge in [0.25, 0.3) is 0 Å². The van der Waals surface area contributed by atoms with Gasteiger partial charge in [-0.2, -0.15) is 0 Å². The zero-order valence-electron chi connectivity index (χ0n) is 12.8. The van der Waals surface area contributed by atoms with Gasteiger partial charge in [-0.3, -0.25) is 0 Å². The molecule has 1 N–H and O–H groups in total. The summed E-state index contributed by atoms with van der Waals surface area (Å²) in [6.45, 7) is 16.4. The van der Waals surface area contributed by atoms with Crippen molar-refractivity contribution in [3.05, 3.63) is 12.3 Å². The van der Waals surface area contributed by atoms with Crippen LogP contribution in [-0.2, 0) is 4.43 Å². The van der Waals surface area contributed by atoms with E-state index in [4.69, 9.17) is 4.43 Å². The Bertz CT molecular complexity index is 329. The molecule has 0 amide bonds. The fourth-order valence-corrected chi connectivity index (χ4v) is 2.65. The minimum absolute atomic E-state index is 0.143. The van der Waals surface area contributed by atoms with E-state index in [0.29, 0.717) is 0 Å². The third kappa shape index (κ3) is 5.75. The molecule has 0 aliphatic rings. The summed E-state index contributed by atoms with van der Waals surface area (Å²) in [4.78, 5) is 0. The number of hydrogen-bond acceptors (Lipinski definition) is 2. The largest absolute Gasteiger partial charge is 0.510 e. The SMILES string of the molecule is C=C(O)[C@@H](CCCC#CC)O[Si](C)(C)C(C)(C)C. The van der Waals surface area contributed by atoms with Gasteiger partial charge in [-0.05, 0) is 37.9 Å². The number of hydrogen-bond donors (Lipinski definition) is 1. The molecule has 0 aliphatic carbocycles. The first-order chi connectivity index (χ1) is 8.12. The van der Waals surface area contributed by atoms with Gasteiger partial charge < -0.3 is 9.53 Å². The van der Waals surface area contributed by atoms with Crippen LogP contribution in [0.3, 0.4) is 0 Å². The van der Waals surface area contributed by atoms with E-state index >= 15 is 0 Å². The van der Waals surface area contributed by atoms with Crippen molar-refractivity contribution in [2.45, 2.75) is 71.2 Å². The molecule has 0 saturated carbocycles. The van der Waals surface area contributed by atoms with Crippen LogP contribution >= 0.6 is 0 Å². The smallest absolute Gasteiger partial charge is 0.193 e. The molecule has 18 heavy (non-hydrogen) atoms. The minimum atomic E-state index is -1.86. The summed E-state index contributed by atoms with van der Waals surface area (Å²) < 4.78 is 6.19. The lowest BCUT2D eigenvalue weighted by Gasteiger charge is -2.39. The van der Waals surface area contributed by atoms with Crippen molar-refractivity contribution >= 4 is 8.32 Å². The quantitative estimate of drug-likeness (QED) is 0.329. The van der Waals surface area contributed by atoms with Crippen molar-refractivity contribution in [1.29, 1.82) is 0 Å². The maximum Gasteiger partial charge on any atom is 0.193 e. The fourth-order valence-electron chi connectivity index (χ4n) is 1.33. The van der Waals surface area contributed by atoms with E-state index in [9.17, 15) is 5.11 Å². The Morgan fingerprint density at radius 3 is 2.33 bits per heavy atom. The lowest BCUT2D eigenvalue weighted by atomic mass is 10.1. The van der Waals surface area contributed by atoms with Crippen LogP contribution in [0.4, 0.5) is 0 Å². The average Bonchev–Trinajstić information content (AvgIpc) is 2.20. The first kappa shape index (κ1) is 17.3. The molecule has 0 aromatic heterocycles. The Morgan fingerprint density at radius 1 is 1.39 bits per heavy atom. The molecule has 0 saturated heterocycles. The molecule has 0 rings (SSSR count). The number of aliphatic hydroxyl groups excluding tert-OH is 1. The molecule has 0 aliphatic heterocycles. The maximum atomic E-state index is 9.66. The van der Waals surface area contributed by atoms with Crippen LogP contribution in [0.15, 0.2) is 12.3 Å². The second-order valence-corrected chi connectivity index (χ2v) is 10.9. The molecule has 0 fully saturated rings. The Kier molecular flexibility index (Phi) is 6.73. The van der Waals surface area contributed by atoms with Crippen LogP contribution in [-0.4, -0.2) is 19.5 Å². The number of rotatable bonds is 6. The van der Waals surface area contributed by atoms with Crippen molar-refractivity contribution in [2.24, 2.45) is 0 Å². The predicted molar refractivity (Wildman–Crippen MR) is 81.1 cm³/mol. The summed E-state index contributed by atoms with van der Waals surface area (Å²) in [6, 6.07) is 0. The monoisotopic (exact) mass is 268 g/mol. The Balaban J connectivity index is 4.53. The highest BCUT2D eigenvalue weighted by molar-refractivity contribution is 6.74. The second kappa shape index (κ2) is 7.01. The molecule has 0 aromatic rings. The zero-order chi connectivity index (χ0) is 14.4. The van der Waals surface area contributed by atoms with Gasteiger partial charge >= 0.3 is 0 Å². The highest BCUT2D eigenvalue weighted by Crippen LogP contribution is 2.38. The van der Waals surface area contributed by atoms with Crippen LogP contribution in [0, 0.1) is 11.8 Å². The Hall–Kier alpha value is -0.723. The van der Waals surface area contributed by atoms with Gasteiger partial charge in [0.05, 0.1) is 0 Å². The van der Waals surface area contributed by atoms with E-state index in [1.165, 1.54) is 0 Å². The van der Waals surface area contributed by atoms with Crippen LogP contribution in [0.2, 0.25) is 18.1 Å². The first-order valence-corrected chi connectivity index (χ1v) is 9.48. The van der Waals surface area contributed by atoms with E-state index in [1.807, 2.05) is 6.92 Å². The average molecular weight is 268 g/mol. The van der Waals surface area contributed by atoms with Gasteiger partial charge in [0, 0.05) is 6.42 Å². The summed E-state index contributed by atoms with van der Waals surface area (Å²) in [5, 5.41) is 9.81. The molecule has 3 heteroatoms. The normalized spacial score (nSPS) is 13.7. The van der Waals surface area contributed by atoms with Gasteiger partial charge in [-0.1, -0.05) is 27.4 Å². The van der Waals surface area contributed by atoms with E-state index in [-0.39, 0.29) is 16.9 Å². The third-order valence-corrected chi connectivity index (χ3v) is 8.05. The van der Waals surface area contributed by atoms with E-state index in [1.54, 1.807) is 0 Å². The van der Waals surface area contributed by atoms with Crippen LogP contribution in [0.5, 0.6) is 0 Å². The lowest BCUT2D eigenvalue weighted by molar-refractivity contribution is 0.150. The molecule has 0 heterocycles. The van der Waals surface area contributed by atoms with E-state index in [0.717, 1.165) is 19.3 Å². The molecule has 0 spiro atoms. The second-order valence-electron chi connectivity index (χ2n) is 6.18. The van der Waals surface area contributed by atoms with Crippen LogP contribution in [0.25, 0.3) is 0 Å². The summed E-state index contributed by atoms with van der Waals surface area (Å²) in [5.74, 6) is 6.05. The molecule has 1 atom stereocenters. The molecule has 0 radical (unpaired) electrons. The van der Waals surface area contributed by atoms with E-state index in [2.05, 4.69) is 52.3 Å². The zero-order valence-corrected chi connectivity index (χ0v) is 13.8. The maximum absolute atomic E-state index is 9.66. The summed E-state index contributed by atoms with van der Waals surface area (Å²) in [5.41, 5.74) is 0. The molecular weight excluding hydrogens is 240 g/mol. The minimum Gasteiger partial charge on any atom is -0.510 e. The molecule has 2 nitrogen and oxygen atoms in total. The fraction of sp³-hybridized carbons (Fsp3) is 0.733. The summed E-state index contributed by atoms with van der Waals surface area (Å²) >= 11 is 0. The third-order valence-electron chi connectivity index (χ3n) is 3.56. The van der Waals surface area contributed by atoms with Gasteiger partial charge in [0.15, 0.2) is 8.32 Å². The van der Waals surface area contributed by atoms with E-state index < -0.39 is 8.32 Å². The van der Waals surface area contributed by atoms with Gasteiger partial charge in [-0.25, -0.2) is 0 Å². The topological polar surface area (TPSA) is 29.5 Å². The van der Waals surface area contributed by atoms with Gasteiger partial charge in [0.2, 0.25) is 0 Å². The Labute approximate surface area is 114 Å². The number of unbranched alkanes of at least 4 members (excludes halogenated alkanes) is 1. The highest BCUT2D eigenvalue weighted by Gasteiger charge is 2.39. The van der Waals surface area contributed by atoms with Crippen molar-refractivity contribution in [3.63, 3.8) is 0 Å². The van der Waals surface area contributed by atoms with Crippen molar-refractivity contribution in [1.82, 2.24) is 0 Å². The van der Waals surface area contributed by atoms with Crippen LogP contribution in [0.1, 0.15) is 47.0 Å². The lowest BCUT2D eigenvalue weighted by Crippen LogP contribution is -2.44. The predicted octanol–water partition coefficient (Wildman–Crippen LogP) is 4.64. The Morgan fingerprint density at radius 2 is 1.94 bits per heavy atom. The molecule has 104 valence electrons.